The van der Waals surface area contributed by atoms with Gasteiger partial charge in [-0.05, 0) is 42.5 Å². The molecule has 10 nitrogen and oxygen atoms in total. The molecule has 0 fully saturated rings. The van der Waals surface area contributed by atoms with Crippen molar-refractivity contribution in [2.45, 2.75) is 13.2 Å². The summed E-state index contributed by atoms with van der Waals surface area (Å²) < 4.78 is 32.2. The van der Waals surface area contributed by atoms with Gasteiger partial charge in [0.05, 0.1) is 25.3 Å². The van der Waals surface area contributed by atoms with Gasteiger partial charge in [-0.3, -0.25) is 9.51 Å². The topological polar surface area (TPSA) is 122 Å². The van der Waals surface area contributed by atoms with E-state index in [4.69, 9.17) is 35.0 Å². The molecule has 11 heteroatoms. The van der Waals surface area contributed by atoms with E-state index in [1.165, 1.54) is 0 Å². The minimum absolute atomic E-state index is 0.124. The van der Waals surface area contributed by atoms with Gasteiger partial charge in [0.25, 0.3) is 0 Å². The Kier molecular flexibility index (Phi) is 7.63. The molecule has 4 rings (SSSR count). The first-order valence-corrected chi connectivity index (χ1v) is 10.6. The van der Waals surface area contributed by atoms with Crippen molar-refractivity contribution in [3.05, 3.63) is 69.5 Å². The number of benzene rings is 2. The molecule has 0 aliphatic heterocycles. The van der Waals surface area contributed by atoms with Gasteiger partial charge in [-0.1, -0.05) is 16.8 Å². The quantitative estimate of drug-likeness (QED) is 0.311. The zero-order valence-corrected chi connectivity index (χ0v) is 19.3. The molecule has 178 valence electrons. The second-order valence-electron chi connectivity index (χ2n) is 7.04. The van der Waals surface area contributed by atoms with Crippen molar-refractivity contribution >= 4 is 11.6 Å². The van der Waals surface area contributed by atoms with Gasteiger partial charge in [-0.15, -0.1) is 0 Å². The lowest BCUT2D eigenvalue weighted by Gasteiger charge is -2.08. The molecule has 0 bridgehead atoms. The number of aromatic amines is 1. The third-order valence-corrected chi connectivity index (χ3v) is 5.10. The summed E-state index contributed by atoms with van der Waals surface area (Å²) in [6, 6.07) is 12.4. The summed E-state index contributed by atoms with van der Waals surface area (Å²) in [6.07, 6.45) is 0. The highest BCUT2D eigenvalue weighted by Gasteiger charge is 2.17. The van der Waals surface area contributed by atoms with E-state index in [1.54, 1.807) is 32.4 Å². The molecule has 0 saturated heterocycles. The predicted molar refractivity (Wildman–Crippen MR) is 122 cm³/mol. The van der Waals surface area contributed by atoms with Crippen molar-refractivity contribution in [1.82, 2.24) is 15.1 Å². The van der Waals surface area contributed by atoms with Crippen LogP contribution in [0.5, 0.6) is 11.5 Å². The molecular weight excluding hydrogens is 466 g/mol. The van der Waals surface area contributed by atoms with Gasteiger partial charge in [-0.25, -0.2) is 9.78 Å². The Morgan fingerprint density at radius 3 is 2.50 bits per heavy atom. The first-order valence-electron chi connectivity index (χ1n) is 10.3. The maximum atomic E-state index is 11.2. The molecular formula is C23H22ClN3O7. The van der Waals surface area contributed by atoms with E-state index in [1.807, 2.05) is 24.3 Å². The minimum atomic E-state index is -0.662. The Morgan fingerprint density at radius 2 is 1.82 bits per heavy atom. The maximum absolute atomic E-state index is 11.2. The van der Waals surface area contributed by atoms with Crippen LogP contribution in [0.2, 0.25) is 5.02 Å². The Balaban J connectivity index is 1.51. The van der Waals surface area contributed by atoms with E-state index in [9.17, 15) is 4.79 Å². The van der Waals surface area contributed by atoms with Gasteiger partial charge in [0.15, 0.2) is 11.6 Å². The number of hydrogen-bond acceptors (Lipinski definition) is 9. The largest absolute Gasteiger partial charge is 0.497 e. The summed E-state index contributed by atoms with van der Waals surface area (Å²) >= 11 is 6.33. The summed E-state index contributed by atoms with van der Waals surface area (Å²) in [6.45, 7) is 1.22. The lowest BCUT2D eigenvalue weighted by molar-refractivity contribution is 0.0531. The molecule has 0 saturated carbocycles. The second kappa shape index (κ2) is 11.0. The molecule has 0 aliphatic rings. The van der Waals surface area contributed by atoms with Gasteiger partial charge in [0.2, 0.25) is 5.89 Å². The fourth-order valence-electron chi connectivity index (χ4n) is 3.05. The van der Waals surface area contributed by atoms with Gasteiger partial charge >= 0.3 is 5.76 Å². The average molecular weight is 488 g/mol. The highest BCUT2D eigenvalue weighted by molar-refractivity contribution is 6.33. The number of H-pyrrole nitrogens is 1. The standard InChI is InChI=1S/C23H22ClN3O7/c1-29-9-10-31-13-20-19(25-22(33-20)14-3-5-15(30-2)6-4-14)12-32-16-7-8-17(18(24)11-16)21-26-23(28)34-27-21/h3-8,11H,9-10,12-13H2,1-2H3,(H,26,27,28). The van der Waals surface area contributed by atoms with Crippen LogP contribution < -0.4 is 15.2 Å². The van der Waals surface area contributed by atoms with Crippen LogP contribution in [0.4, 0.5) is 0 Å². The Morgan fingerprint density at radius 1 is 1.03 bits per heavy atom. The number of oxazole rings is 1. The maximum Gasteiger partial charge on any atom is 0.439 e. The number of aromatic nitrogens is 3. The molecule has 2 aromatic carbocycles. The molecule has 0 aliphatic carbocycles. The van der Waals surface area contributed by atoms with E-state index in [2.05, 4.69) is 19.6 Å². The lowest BCUT2D eigenvalue weighted by atomic mass is 10.2. The van der Waals surface area contributed by atoms with Gasteiger partial charge in [0, 0.05) is 18.2 Å². The molecule has 0 atom stereocenters. The minimum Gasteiger partial charge on any atom is -0.497 e. The zero-order valence-electron chi connectivity index (χ0n) is 18.5. The second-order valence-corrected chi connectivity index (χ2v) is 7.44. The third kappa shape index (κ3) is 5.66. The third-order valence-electron chi connectivity index (χ3n) is 4.79. The van der Waals surface area contributed by atoms with Crippen molar-refractivity contribution in [3.8, 4) is 34.3 Å². The van der Waals surface area contributed by atoms with Gasteiger partial charge in [-0.2, -0.15) is 0 Å². The first kappa shape index (κ1) is 23.6. The number of hydrogen-bond donors (Lipinski definition) is 1. The smallest absolute Gasteiger partial charge is 0.439 e. The lowest BCUT2D eigenvalue weighted by Crippen LogP contribution is -2.04. The van der Waals surface area contributed by atoms with Crippen LogP contribution in [0, 0.1) is 0 Å². The number of nitrogens with zero attached hydrogens (tertiary/aromatic N) is 2. The average Bonchev–Trinajstić information content (AvgIpc) is 3.46. The monoisotopic (exact) mass is 487 g/mol. The number of nitrogens with one attached hydrogen (secondary N) is 1. The highest BCUT2D eigenvalue weighted by Crippen LogP contribution is 2.30. The van der Waals surface area contributed by atoms with Crippen molar-refractivity contribution in [2.75, 3.05) is 27.4 Å². The fourth-order valence-corrected chi connectivity index (χ4v) is 3.31. The van der Waals surface area contributed by atoms with Crippen LogP contribution in [-0.2, 0) is 22.7 Å². The number of ether oxygens (including phenoxy) is 4. The summed E-state index contributed by atoms with van der Waals surface area (Å²) in [7, 11) is 3.21. The normalized spacial score (nSPS) is 11.0. The van der Waals surface area contributed by atoms with Crippen molar-refractivity contribution < 1.29 is 27.9 Å². The molecule has 2 heterocycles. The zero-order chi connectivity index (χ0) is 23.9. The SMILES string of the molecule is COCCOCc1oc(-c2ccc(OC)cc2)nc1COc1ccc(-c2noc(=O)[nH]2)c(Cl)c1. The van der Waals surface area contributed by atoms with Crippen LogP contribution in [0.25, 0.3) is 22.8 Å². The molecule has 0 spiro atoms. The van der Waals surface area contributed by atoms with E-state index in [0.29, 0.717) is 46.9 Å². The van der Waals surface area contributed by atoms with E-state index in [-0.39, 0.29) is 19.0 Å². The van der Waals surface area contributed by atoms with Crippen LogP contribution >= 0.6 is 11.6 Å². The summed E-state index contributed by atoms with van der Waals surface area (Å²) in [4.78, 5) is 18.3. The number of halogens is 1. The van der Waals surface area contributed by atoms with Crippen LogP contribution in [0.3, 0.4) is 0 Å². The van der Waals surface area contributed by atoms with Gasteiger partial charge < -0.3 is 23.4 Å². The molecule has 4 aromatic rings. The van der Waals surface area contributed by atoms with Crippen molar-refractivity contribution in [2.24, 2.45) is 0 Å². The molecule has 0 radical (unpaired) electrons. The summed E-state index contributed by atoms with van der Waals surface area (Å²) in [5.41, 5.74) is 1.89. The predicted octanol–water partition coefficient (Wildman–Crippen LogP) is 4.09. The van der Waals surface area contributed by atoms with E-state index < -0.39 is 5.76 Å². The Hall–Kier alpha value is -3.60. The fraction of sp³-hybridized carbons (Fsp3) is 0.261. The number of rotatable bonds is 11. The highest BCUT2D eigenvalue weighted by atomic mass is 35.5. The van der Waals surface area contributed by atoms with Crippen molar-refractivity contribution in [1.29, 1.82) is 0 Å². The molecule has 1 N–H and O–H groups in total. The molecule has 0 amide bonds. The molecule has 2 aromatic heterocycles. The van der Waals surface area contributed by atoms with E-state index >= 15 is 0 Å². The Bertz CT molecular complexity index is 1280. The van der Waals surface area contributed by atoms with Gasteiger partial charge in [0.1, 0.15) is 30.4 Å². The van der Waals surface area contributed by atoms with E-state index in [0.717, 1.165) is 11.3 Å². The van der Waals surface area contributed by atoms with Crippen LogP contribution in [0.15, 0.2) is 56.2 Å². The molecule has 0 unspecified atom stereocenters. The van der Waals surface area contributed by atoms with Crippen molar-refractivity contribution in [3.63, 3.8) is 0 Å². The van der Waals surface area contributed by atoms with Crippen LogP contribution in [0.1, 0.15) is 11.5 Å². The summed E-state index contributed by atoms with van der Waals surface area (Å²) in [5, 5.41) is 3.98. The number of methoxy groups -OCH3 is 2. The summed E-state index contributed by atoms with van der Waals surface area (Å²) in [5.74, 6) is 1.79. The van der Waals surface area contributed by atoms with Crippen LogP contribution in [-0.4, -0.2) is 42.6 Å². The molecule has 34 heavy (non-hydrogen) atoms. The Labute approximate surface area is 199 Å². The first-order chi connectivity index (χ1) is 16.6.